The van der Waals surface area contributed by atoms with Crippen molar-refractivity contribution in [1.82, 2.24) is 10.6 Å². The summed E-state index contributed by atoms with van der Waals surface area (Å²) < 4.78 is 0. The van der Waals surface area contributed by atoms with Gasteiger partial charge in [0.2, 0.25) is 0 Å². The van der Waals surface area contributed by atoms with Crippen molar-refractivity contribution in [2.24, 2.45) is 0 Å². The van der Waals surface area contributed by atoms with Crippen LogP contribution in [0.1, 0.15) is 40.0 Å². The van der Waals surface area contributed by atoms with Crippen LogP contribution in [-0.4, -0.2) is 40.7 Å². The van der Waals surface area contributed by atoms with E-state index in [-0.39, 0.29) is 0 Å². The maximum absolute atomic E-state index is 11.6. The molecule has 0 aliphatic carbocycles. The monoisotopic (exact) mass is 276 g/mol. The Balaban J connectivity index is 4.00. The molecule has 1 unspecified atom stereocenters. The van der Waals surface area contributed by atoms with Crippen LogP contribution >= 0.6 is 11.8 Å². The van der Waals surface area contributed by atoms with Gasteiger partial charge in [-0.15, -0.1) is 0 Å². The van der Waals surface area contributed by atoms with Gasteiger partial charge in [0.15, 0.2) is 0 Å². The molecule has 3 N–H and O–H groups in total. The quantitative estimate of drug-likeness (QED) is 0.563. The molecule has 0 saturated carbocycles. The van der Waals surface area contributed by atoms with Crippen molar-refractivity contribution in [3.05, 3.63) is 0 Å². The summed E-state index contributed by atoms with van der Waals surface area (Å²) in [5.41, 5.74) is -1.18. The first kappa shape index (κ1) is 17.1. The number of amides is 2. The maximum atomic E-state index is 11.6. The second kappa shape index (κ2) is 9.08. The summed E-state index contributed by atoms with van der Waals surface area (Å²) in [4.78, 5) is 22.7. The zero-order chi connectivity index (χ0) is 14.0. The van der Waals surface area contributed by atoms with E-state index in [9.17, 15) is 9.59 Å². The van der Waals surface area contributed by atoms with E-state index in [2.05, 4.69) is 17.6 Å². The number of urea groups is 1. The molecule has 0 aliphatic rings. The third kappa shape index (κ3) is 6.74. The van der Waals surface area contributed by atoms with Crippen LogP contribution in [0.4, 0.5) is 4.79 Å². The lowest BCUT2D eigenvalue weighted by atomic mass is 9.97. The average Bonchev–Trinajstić information content (AvgIpc) is 2.28. The Hall–Kier alpha value is -0.910. The minimum absolute atomic E-state index is 0.408. The van der Waals surface area contributed by atoms with E-state index < -0.39 is 17.5 Å². The predicted octanol–water partition coefficient (Wildman–Crippen LogP) is 2.07. The van der Waals surface area contributed by atoms with Gasteiger partial charge in [-0.1, -0.05) is 20.3 Å². The zero-order valence-electron chi connectivity index (χ0n) is 11.4. The molecule has 0 aliphatic heterocycles. The molecule has 0 heterocycles. The molecule has 1 atom stereocenters. The smallest absolute Gasteiger partial charge is 0.329 e. The second-order valence-electron chi connectivity index (χ2n) is 4.32. The summed E-state index contributed by atoms with van der Waals surface area (Å²) in [5.74, 6) is 1.07. The van der Waals surface area contributed by atoms with E-state index in [0.717, 1.165) is 17.9 Å². The number of aliphatic carboxylic acids is 1. The molecule has 18 heavy (non-hydrogen) atoms. The Kier molecular flexibility index (Phi) is 8.62. The van der Waals surface area contributed by atoms with Crippen LogP contribution in [0.3, 0.4) is 0 Å². The van der Waals surface area contributed by atoms with E-state index >= 15 is 0 Å². The molecular formula is C12H24N2O3S. The van der Waals surface area contributed by atoms with Gasteiger partial charge in [-0.2, -0.15) is 11.8 Å². The number of thioether (sulfide) groups is 1. The van der Waals surface area contributed by atoms with Crippen molar-refractivity contribution in [1.29, 1.82) is 0 Å². The molecule has 106 valence electrons. The Bertz CT molecular complexity index is 274. The topological polar surface area (TPSA) is 78.4 Å². The Morgan fingerprint density at radius 3 is 2.50 bits per heavy atom. The fourth-order valence-corrected chi connectivity index (χ4v) is 2.18. The number of rotatable bonds is 9. The zero-order valence-corrected chi connectivity index (χ0v) is 12.2. The lowest BCUT2D eigenvalue weighted by molar-refractivity contribution is -0.144. The molecule has 0 rings (SSSR count). The molecule has 0 saturated heterocycles. The SMILES string of the molecule is CCCC(C)(NC(=O)NCCCSCC)C(=O)O. The van der Waals surface area contributed by atoms with Crippen LogP contribution < -0.4 is 10.6 Å². The summed E-state index contributed by atoms with van der Waals surface area (Å²) in [6.07, 6.45) is 2.02. The molecule has 0 fully saturated rings. The van der Waals surface area contributed by atoms with Crippen LogP contribution in [0.2, 0.25) is 0 Å². The average molecular weight is 276 g/mol. The molecule has 0 aromatic heterocycles. The number of carboxylic acids is 1. The van der Waals surface area contributed by atoms with Crippen LogP contribution in [-0.2, 0) is 4.79 Å². The number of nitrogens with one attached hydrogen (secondary N) is 2. The van der Waals surface area contributed by atoms with E-state index in [0.29, 0.717) is 19.4 Å². The highest BCUT2D eigenvalue weighted by Gasteiger charge is 2.33. The Morgan fingerprint density at radius 2 is 2.00 bits per heavy atom. The van der Waals surface area contributed by atoms with Crippen molar-refractivity contribution in [2.75, 3.05) is 18.1 Å². The van der Waals surface area contributed by atoms with Gasteiger partial charge in [0, 0.05) is 6.54 Å². The number of carbonyl (C=O) groups excluding carboxylic acids is 1. The summed E-state index contributed by atoms with van der Waals surface area (Å²) >= 11 is 1.82. The number of carbonyl (C=O) groups is 2. The summed E-state index contributed by atoms with van der Waals surface area (Å²) in [6, 6.07) is -0.408. The van der Waals surface area contributed by atoms with Crippen LogP contribution in [0.25, 0.3) is 0 Å². The fourth-order valence-electron chi connectivity index (χ4n) is 1.54. The summed E-state index contributed by atoms with van der Waals surface area (Å²) in [5, 5.41) is 14.3. The minimum atomic E-state index is -1.18. The van der Waals surface area contributed by atoms with Crippen molar-refractivity contribution >= 4 is 23.8 Å². The van der Waals surface area contributed by atoms with E-state index in [1.54, 1.807) is 0 Å². The van der Waals surface area contributed by atoms with Crippen molar-refractivity contribution in [2.45, 2.75) is 45.6 Å². The maximum Gasteiger partial charge on any atom is 0.329 e. The lowest BCUT2D eigenvalue weighted by Gasteiger charge is -2.25. The third-order valence-electron chi connectivity index (χ3n) is 2.57. The Morgan fingerprint density at radius 1 is 1.33 bits per heavy atom. The van der Waals surface area contributed by atoms with Gasteiger partial charge in [0.05, 0.1) is 0 Å². The van der Waals surface area contributed by atoms with E-state index in [1.165, 1.54) is 6.92 Å². The minimum Gasteiger partial charge on any atom is -0.480 e. The first-order valence-corrected chi connectivity index (χ1v) is 7.49. The van der Waals surface area contributed by atoms with Crippen molar-refractivity contribution in [3.63, 3.8) is 0 Å². The molecular weight excluding hydrogens is 252 g/mol. The van der Waals surface area contributed by atoms with Gasteiger partial charge in [-0.05, 0) is 31.3 Å². The number of carboxylic acid groups (broad SMARTS) is 1. The highest BCUT2D eigenvalue weighted by atomic mass is 32.2. The standard InChI is InChI=1S/C12H24N2O3S/c1-4-7-12(3,10(15)16)14-11(17)13-8-6-9-18-5-2/h4-9H2,1-3H3,(H,15,16)(H2,13,14,17). The van der Waals surface area contributed by atoms with Crippen LogP contribution in [0.5, 0.6) is 0 Å². The van der Waals surface area contributed by atoms with E-state index in [1.807, 2.05) is 18.7 Å². The molecule has 5 nitrogen and oxygen atoms in total. The third-order valence-corrected chi connectivity index (χ3v) is 3.55. The highest BCUT2D eigenvalue weighted by Crippen LogP contribution is 2.12. The van der Waals surface area contributed by atoms with Crippen LogP contribution in [0.15, 0.2) is 0 Å². The molecule has 0 radical (unpaired) electrons. The Labute approximate surface area is 113 Å². The molecule has 2 amide bonds. The largest absolute Gasteiger partial charge is 0.480 e. The molecule has 0 aromatic rings. The first-order chi connectivity index (χ1) is 8.46. The normalized spacial score (nSPS) is 13.7. The lowest BCUT2D eigenvalue weighted by Crippen LogP contribution is -2.55. The molecule has 6 heteroatoms. The van der Waals surface area contributed by atoms with Gasteiger partial charge in [-0.3, -0.25) is 0 Å². The number of hydrogen-bond acceptors (Lipinski definition) is 3. The van der Waals surface area contributed by atoms with Crippen molar-refractivity contribution < 1.29 is 14.7 Å². The number of hydrogen-bond donors (Lipinski definition) is 3. The summed E-state index contributed by atoms with van der Waals surface area (Å²) in [7, 11) is 0. The van der Waals surface area contributed by atoms with Gasteiger partial charge < -0.3 is 15.7 Å². The van der Waals surface area contributed by atoms with Gasteiger partial charge in [0.25, 0.3) is 0 Å². The summed E-state index contributed by atoms with van der Waals surface area (Å²) in [6.45, 7) is 6.09. The van der Waals surface area contributed by atoms with Crippen LogP contribution in [0, 0.1) is 0 Å². The van der Waals surface area contributed by atoms with Gasteiger partial charge >= 0.3 is 12.0 Å². The van der Waals surface area contributed by atoms with Gasteiger partial charge in [-0.25, -0.2) is 9.59 Å². The fraction of sp³-hybridized carbons (Fsp3) is 0.833. The molecule has 0 spiro atoms. The first-order valence-electron chi connectivity index (χ1n) is 6.33. The second-order valence-corrected chi connectivity index (χ2v) is 5.71. The van der Waals surface area contributed by atoms with E-state index in [4.69, 9.17) is 5.11 Å². The van der Waals surface area contributed by atoms with Crippen molar-refractivity contribution in [3.8, 4) is 0 Å². The molecule has 0 bridgehead atoms. The highest BCUT2D eigenvalue weighted by molar-refractivity contribution is 7.99. The van der Waals surface area contributed by atoms with Gasteiger partial charge in [0.1, 0.15) is 5.54 Å². The predicted molar refractivity (Wildman–Crippen MR) is 75.1 cm³/mol. The molecule has 0 aromatic carbocycles.